The predicted molar refractivity (Wildman–Crippen MR) is 126 cm³/mol. The number of esters is 1. The summed E-state index contributed by atoms with van der Waals surface area (Å²) in [5.41, 5.74) is 2.95. The van der Waals surface area contributed by atoms with Gasteiger partial charge in [-0.3, -0.25) is 4.90 Å². The van der Waals surface area contributed by atoms with E-state index in [0.29, 0.717) is 25.1 Å². The number of nitrogens with zero attached hydrogens (tertiary/aromatic N) is 2. The Kier molecular flexibility index (Phi) is 10.8. The van der Waals surface area contributed by atoms with Crippen molar-refractivity contribution in [2.24, 2.45) is 0 Å². The van der Waals surface area contributed by atoms with Crippen LogP contribution in [0.15, 0.2) is 60.2 Å². The molecule has 0 saturated carbocycles. The van der Waals surface area contributed by atoms with Gasteiger partial charge in [0.2, 0.25) is 0 Å². The van der Waals surface area contributed by atoms with E-state index in [4.69, 9.17) is 9.47 Å². The standard InChI is InChI=1S/C27H31N2O4.U.V/c1-27(2,3)33-26(31)29-16-21-15-22(20-13-9-6-10-14-20)24(23(17-29)28(21)4)25(30)32-18-19-11-7-5-8-12-19;;/h5,7-14,21,23H,15-18H2,1-4H3;;/q-1;;. The average molecular weight is 737 g/mol. The molecule has 0 N–H and O–H groups in total. The first kappa shape index (κ1) is 29.7. The number of ether oxygens (including phenoxy) is 2. The van der Waals surface area contributed by atoms with Gasteiger partial charge in [-0.15, -0.1) is 5.56 Å². The van der Waals surface area contributed by atoms with Crippen molar-refractivity contribution in [3.63, 3.8) is 0 Å². The second-order valence-electron chi connectivity index (χ2n) is 9.67. The maximum absolute atomic E-state index is 13.5. The number of carbonyl (C=O) groups is 2. The van der Waals surface area contributed by atoms with Gasteiger partial charge in [-0.1, -0.05) is 35.9 Å². The van der Waals surface area contributed by atoms with Crippen molar-refractivity contribution < 1.29 is 68.7 Å². The minimum atomic E-state index is -0.575. The fourth-order valence-corrected chi connectivity index (χ4v) is 4.50. The predicted octanol–water partition coefficient (Wildman–Crippen LogP) is 4.30. The van der Waals surface area contributed by atoms with Crippen LogP contribution in [0.1, 0.15) is 38.3 Å². The van der Waals surface area contributed by atoms with Gasteiger partial charge >= 0.3 is 12.1 Å². The molecule has 0 spiro atoms. The fraction of sp³-hybridized carbons (Fsp3) is 0.407. The second kappa shape index (κ2) is 12.7. The number of amides is 1. The summed E-state index contributed by atoms with van der Waals surface area (Å²) < 4.78 is 11.4. The van der Waals surface area contributed by atoms with Crippen molar-refractivity contribution in [3.05, 3.63) is 77.4 Å². The number of likely N-dealkylation sites (N-methyl/N-ethyl adjacent to an activating group) is 1. The number of piperazine rings is 1. The van der Waals surface area contributed by atoms with Crippen molar-refractivity contribution in [1.82, 2.24) is 9.80 Å². The van der Waals surface area contributed by atoms with Crippen molar-refractivity contribution in [2.45, 2.75) is 51.5 Å². The van der Waals surface area contributed by atoms with Crippen molar-refractivity contribution in [2.75, 3.05) is 20.1 Å². The summed E-state index contributed by atoms with van der Waals surface area (Å²) in [4.78, 5) is 30.2. The number of benzene rings is 2. The normalized spacial score (nSPS) is 19.8. The zero-order chi connectivity index (χ0) is 23.6. The average Bonchev–Trinajstić information content (AvgIpc) is 2.77. The van der Waals surface area contributed by atoms with Crippen LogP contribution in [0.4, 0.5) is 4.79 Å². The molecular weight excluding hydrogens is 705 g/mol. The molecule has 2 aliphatic rings. The van der Waals surface area contributed by atoms with Crippen LogP contribution in [0.5, 0.6) is 0 Å². The Morgan fingerprint density at radius 2 is 1.71 bits per heavy atom. The fourth-order valence-electron chi connectivity index (χ4n) is 4.50. The third-order valence-corrected chi connectivity index (χ3v) is 6.14. The molecule has 1 amide bonds. The zero-order valence-corrected chi connectivity index (χ0v) is 26.2. The van der Waals surface area contributed by atoms with Crippen LogP contribution in [-0.4, -0.2) is 59.7 Å². The van der Waals surface area contributed by atoms with Gasteiger partial charge in [0, 0.05) is 68.8 Å². The molecule has 1 fully saturated rings. The molecule has 1 saturated heterocycles. The first-order valence-electron chi connectivity index (χ1n) is 11.3. The van der Waals surface area contributed by atoms with E-state index in [1.807, 2.05) is 82.4 Å². The van der Waals surface area contributed by atoms with Gasteiger partial charge < -0.3 is 14.4 Å². The summed E-state index contributed by atoms with van der Waals surface area (Å²) in [5.74, 6) is -0.344. The molecule has 2 heterocycles. The molecule has 2 bridgehead atoms. The summed E-state index contributed by atoms with van der Waals surface area (Å²) in [6.45, 7) is 6.71. The van der Waals surface area contributed by atoms with Gasteiger partial charge in [0.05, 0.1) is 11.6 Å². The summed E-state index contributed by atoms with van der Waals surface area (Å²) in [6.07, 6.45) is 0.298. The van der Waals surface area contributed by atoms with Gasteiger partial charge in [-0.05, 0) is 39.8 Å². The third kappa shape index (κ3) is 7.27. The molecule has 8 heteroatoms. The Hall–Kier alpha value is -1.48. The molecule has 2 atom stereocenters. The molecule has 183 valence electrons. The van der Waals surface area contributed by atoms with E-state index < -0.39 is 5.60 Å². The topological polar surface area (TPSA) is 59.1 Å². The number of fused-ring (bicyclic) bond motifs is 2. The molecule has 0 aromatic heterocycles. The van der Waals surface area contributed by atoms with E-state index in [1.54, 1.807) is 4.90 Å². The minimum Gasteiger partial charge on any atom is -0.457 e. The van der Waals surface area contributed by atoms with Crippen LogP contribution in [0.25, 0.3) is 5.57 Å². The molecule has 2 unspecified atom stereocenters. The second-order valence-corrected chi connectivity index (χ2v) is 9.67. The molecule has 2 aromatic carbocycles. The third-order valence-electron chi connectivity index (χ3n) is 6.14. The van der Waals surface area contributed by atoms with E-state index in [2.05, 4.69) is 11.0 Å². The quantitative estimate of drug-likeness (QED) is 0.347. The van der Waals surface area contributed by atoms with Gasteiger partial charge in [0.25, 0.3) is 0 Å². The van der Waals surface area contributed by atoms with E-state index in [1.165, 1.54) is 0 Å². The molecule has 35 heavy (non-hydrogen) atoms. The number of hydrogen-bond acceptors (Lipinski definition) is 5. The van der Waals surface area contributed by atoms with Crippen LogP contribution >= 0.6 is 0 Å². The molecule has 1 radical (unpaired) electrons. The maximum Gasteiger partial charge on any atom is 0.410 e. The van der Waals surface area contributed by atoms with Crippen molar-refractivity contribution in [1.29, 1.82) is 0 Å². The largest absolute Gasteiger partial charge is 0.457 e. The molecule has 2 aliphatic heterocycles. The van der Waals surface area contributed by atoms with Gasteiger partial charge in [0.15, 0.2) is 0 Å². The van der Waals surface area contributed by atoms with E-state index in [-0.39, 0.29) is 80.4 Å². The van der Waals surface area contributed by atoms with Crippen LogP contribution in [0.3, 0.4) is 0 Å². The van der Waals surface area contributed by atoms with Gasteiger partial charge in [-0.2, -0.15) is 30.3 Å². The molecule has 2 aromatic rings. The first-order valence-corrected chi connectivity index (χ1v) is 11.3. The molecule has 6 nitrogen and oxygen atoms in total. The van der Waals surface area contributed by atoms with Gasteiger partial charge in [0.1, 0.15) is 12.2 Å². The summed E-state index contributed by atoms with van der Waals surface area (Å²) in [7, 11) is 2.02. The Bertz CT molecular complexity index is 1040. The Labute approximate surface area is 243 Å². The van der Waals surface area contributed by atoms with E-state index in [9.17, 15) is 9.59 Å². The Morgan fingerprint density at radius 1 is 1.06 bits per heavy atom. The van der Waals surface area contributed by atoms with Gasteiger partial charge in [-0.25, -0.2) is 9.59 Å². The Morgan fingerprint density at radius 3 is 2.34 bits per heavy atom. The summed E-state index contributed by atoms with van der Waals surface area (Å²) >= 11 is 0. The zero-order valence-electron chi connectivity index (χ0n) is 20.7. The Balaban J connectivity index is 0.00000216. The van der Waals surface area contributed by atoms with E-state index in [0.717, 1.165) is 16.7 Å². The smallest absolute Gasteiger partial charge is 0.410 e. The molecule has 0 aliphatic carbocycles. The van der Waals surface area contributed by atoms with E-state index >= 15 is 0 Å². The van der Waals surface area contributed by atoms with Crippen molar-refractivity contribution >= 4 is 17.6 Å². The van der Waals surface area contributed by atoms with Crippen molar-refractivity contribution in [3.8, 4) is 0 Å². The number of carbonyl (C=O) groups excluding carboxylic acids is 2. The summed E-state index contributed by atoms with van der Waals surface area (Å²) in [6, 6.07) is 20.2. The first-order chi connectivity index (χ1) is 15.7. The SMILES string of the molecule is CN1C2CC(c3cc[c-]cc3)=C(C(=O)OCc3ccccc3)C1CN(C(=O)OC(C)(C)C)C2.[U].[V]. The maximum atomic E-state index is 13.5. The van der Waals surface area contributed by atoms with Crippen LogP contribution < -0.4 is 0 Å². The molecular formula is C27H31N2O4UV-. The number of rotatable bonds is 4. The monoisotopic (exact) mass is 736 g/mol. The number of hydrogen-bond donors (Lipinski definition) is 0. The summed E-state index contributed by atoms with van der Waals surface area (Å²) in [5, 5.41) is 0. The molecule has 4 rings (SSSR count). The van der Waals surface area contributed by atoms with Crippen LogP contribution in [-0.2, 0) is 39.4 Å². The van der Waals surface area contributed by atoms with Crippen LogP contribution in [0, 0.1) is 37.2 Å². The van der Waals surface area contributed by atoms with Crippen LogP contribution in [0.2, 0.25) is 0 Å². The minimum absolute atomic E-state index is 0.